The predicted octanol–water partition coefficient (Wildman–Crippen LogP) is 2.62. The van der Waals surface area contributed by atoms with E-state index in [9.17, 15) is 4.79 Å². The number of nitrogens with zero attached hydrogens (tertiary/aromatic N) is 1. The van der Waals surface area contributed by atoms with Gasteiger partial charge in [0.25, 0.3) is 0 Å². The summed E-state index contributed by atoms with van der Waals surface area (Å²) < 4.78 is 5.38. The molecule has 0 saturated carbocycles. The highest BCUT2D eigenvalue weighted by Crippen LogP contribution is 2.29. The largest absolute Gasteiger partial charge is 0.399 e. The number of unbranched alkanes of at least 4 members (excludes halogenated alkanes) is 2. The van der Waals surface area contributed by atoms with Crippen LogP contribution in [0.3, 0.4) is 0 Å². The van der Waals surface area contributed by atoms with Gasteiger partial charge in [-0.1, -0.05) is 19.8 Å². The summed E-state index contributed by atoms with van der Waals surface area (Å²) in [5.41, 5.74) is 8.35. The fraction of sp³-hybridized carbons (Fsp3) is 0.562. The third kappa shape index (κ3) is 4.63. The Kier molecular flexibility index (Phi) is 5.87. The molecule has 5 heteroatoms. The van der Waals surface area contributed by atoms with Crippen molar-refractivity contribution in [3.05, 3.63) is 18.2 Å². The lowest BCUT2D eigenvalue weighted by atomic mass is 10.1. The summed E-state index contributed by atoms with van der Waals surface area (Å²) in [6.45, 7) is 5.24. The fourth-order valence-electron chi connectivity index (χ4n) is 2.48. The first kappa shape index (κ1) is 15.6. The van der Waals surface area contributed by atoms with Gasteiger partial charge in [-0.2, -0.15) is 0 Å². The van der Waals surface area contributed by atoms with Gasteiger partial charge in [0.2, 0.25) is 5.91 Å². The number of anilines is 3. The van der Waals surface area contributed by atoms with Gasteiger partial charge in [0.1, 0.15) is 0 Å². The van der Waals surface area contributed by atoms with Gasteiger partial charge in [-0.05, 0) is 24.6 Å². The van der Waals surface area contributed by atoms with Crippen molar-refractivity contribution in [2.75, 3.05) is 42.3 Å². The van der Waals surface area contributed by atoms with Crippen LogP contribution in [0.5, 0.6) is 0 Å². The normalized spacial score (nSPS) is 15.0. The molecular formula is C16H25N3O2. The molecule has 1 aromatic rings. The quantitative estimate of drug-likeness (QED) is 0.624. The van der Waals surface area contributed by atoms with E-state index in [1.54, 1.807) is 0 Å². The number of nitrogens with two attached hydrogens (primary N) is 1. The molecule has 5 nitrogen and oxygen atoms in total. The van der Waals surface area contributed by atoms with E-state index >= 15 is 0 Å². The van der Waals surface area contributed by atoms with Gasteiger partial charge in [0.05, 0.1) is 24.6 Å². The van der Waals surface area contributed by atoms with Crippen LogP contribution in [0.25, 0.3) is 0 Å². The minimum Gasteiger partial charge on any atom is -0.399 e. The topological polar surface area (TPSA) is 67.6 Å². The van der Waals surface area contributed by atoms with E-state index in [0.717, 1.165) is 43.7 Å². The molecule has 3 N–H and O–H groups in total. The molecule has 0 unspecified atom stereocenters. The number of benzene rings is 1. The zero-order valence-corrected chi connectivity index (χ0v) is 12.7. The number of hydrogen-bond donors (Lipinski definition) is 2. The Morgan fingerprint density at radius 1 is 1.33 bits per heavy atom. The van der Waals surface area contributed by atoms with Crippen LogP contribution in [-0.4, -0.2) is 32.2 Å². The van der Waals surface area contributed by atoms with E-state index in [2.05, 4.69) is 17.1 Å². The number of morpholine rings is 1. The van der Waals surface area contributed by atoms with Crippen molar-refractivity contribution in [1.29, 1.82) is 0 Å². The Hall–Kier alpha value is -1.75. The van der Waals surface area contributed by atoms with Crippen molar-refractivity contribution in [2.24, 2.45) is 0 Å². The molecule has 1 aliphatic rings. The van der Waals surface area contributed by atoms with Crippen LogP contribution in [0.15, 0.2) is 18.2 Å². The lowest BCUT2D eigenvalue weighted by molar-refractivity contribution is -0.116. The standard InChI is InChI=1S/C16H25N3O2/c1-2-3-4-5-16(20)18-14-12-13(17)6-7-15(14)19-8-10-21-11-9-19/h6-7,12H,2-5,8-11,17H2,1H3,(H,18,20). The summed E-state index contributed by atoms with van der Waals surface area (Å²) in [7, 11) is 0. The van der Waals surface area contributed by atoms with Crippen LogP contribution < -0.4 is 16.0 Å². The van der Waals surface area contributed by atoms with Crippen LogP contribution in [0.4, 0.5) is 17.1 Å². The van der Waals surface area contributed by atoms with Crippen molar-refractivity contribution < 1.29 is 9.53 Å². The molecule has 21 heavy (non-hydrogen) atoms. The molecule has 1 aliphatic heterocycles. The summed E-state index contributed by atoms with van der Waals surface area (Å²) in [5.74, 6) is 0.0589. The molecule has 1 aromatic carbocycles. The van der Waals surface area contributed by atoms with Gasteiger partial charge in [0.15, 0.2) is 0 Å². The molecule has 1 saturated heterocycles. The third-order valence-corrected chi connectivity index (χ3v) is 3.65. The van der Waals surface area contributed by atoms with Gasteiger partial charge in [-0.15, -0.1) is 0 Å². The van der Waals surface area contributed by atoms with Crippen molar-refractivity contribution in [1.82, 2.24) is 0 Å². The molecule has 0 bridgehead atoms. The van der Waals surface area contributed by atoms with Gasteiger partial charge in [0, 0.05) is 25.2 Å². The lowest BCUT2D eigenvalue weighted by Crippen LogP contribution is -2.36. The molecule has 0 radical (unpaired) electrons. The minimum atomic E-state index is 0.0589. The Labute approximate surface area is 126 Å². The highest BCUT2D eigenvalue weighted by atomic mass is 16.5. The van der Waals surface area contributed by atoms with E-state index in [1.807, 2.05) is 18.2 Å². The molecule has 0 aromatic heterocycles. The zero-order valence-electron chi connectivity index (χ0n) is 12.7. The summed E-state index contributed by atoms with van der Waals surface area (Å²) in [4.78, 5) is 14.3. The first-order chi connectivity index (χ1) is 10.2. The van der Waals surface area contributed by atoms with Crippen LogP contribution in [0, 0.1) is 0 Å². The van der Waals surface area contributed by atoms with Crippen LogP contribution >= 0.6 is 0 Å². The fourth-order valence-corrected chi connectivity index (χ4v) is 2.48. The van der Waals surface area contributed by atoms with Crippen LogP contribution in [0.2, 0.25) is 0 Å². The molecule has 116 valence electrons. The maximum absolute atomic E-state index is 12.0. The van der Waals surface area contributed by atoms with Gasteiger partial charge < -0.3 is 20.7 Å². The van der Waals surface area contributed by atoms with Crippen molar-refractivity contribution in [3.8, 4) is 0 Å². The number of amides is 1. The summed E-state index contributed by atoms with van der Waals surface area (Å²) in [6, 6.07) is 5.68. The van der Waals surface area contributed by atoms with E-state index < -0.39 is 0 Å². The second-order valence-electron chi connectivity index (χ2n) is 5.38. The lowest BCUT2D eigenvalue weighted by Gasteiger charge is -2.30. The Bertz CT molecular complexity index is 471. The molecule has 2 rings (SSSR count). The summed E-state index contributed by atoms with van der Waals surface area (Å²) in [6.07, 6.45) is 3.69. The Balaban J connectivity index is 2.05. The number of ether oxygens (including phenoxy) is 1. The number of carbonyl (C=O) groups is 1. The van der Waals surface area contributed by atoms with Gasteiger partial charge in [-0.3, -0.25) is 4.79 Å². The first-order valence-electron chi connectivity index (χ1n) is 7.72. The molecule has 1 amide bonds. The molecule has 1 fully saturated rings. The molecule has 0 atom stereocenters. The van der Waals surface area contributed by atoms with E-state index in [-0.39, 0.29) is 5.91 Å². The van der Waals surface area contributed by atoms with Crippen LogP contribution in [0.1, 0.15) is 32.6 Å². The van der Waals surface area contributed by atoms with Gasteiger partial charge >= 0.3 is 0 Å². The van der Waals surface area contributed by atoms with E-state index in [1.165, 1.54) is 0 Å². The van der Waals surface area contributed by atoms with Crippen molar-refractivity contribution in [3.63, 3.8) is 0 Å². The number of rotatable bonds is 6. The molecule has 0 aliphatic carbocycles. The van der Waals surface area contributed by atoms with E-state index in [4.69, 9.17) is 10.5 Å². The molecule has 0 spiro atoms. The van der Waals surface area contributed by atoms with Crippen molar-refractivity contribution >= 4 is 23.0 Å². The zero-order chi connectivity index (χ0) is 15.1. The highest BCUT2D eigenvalue weighted by molar-refractivity contribution is 5.95. The monoisotopic (exact) mass is 291 g/mol. The van der Waals surface area contributed by atoms with E-state index in [0.29, 0.717) is 25.3 Å². The highest BCUT2D eigenvalue weighted by Gasteiger charge is 2.16. The SMILES string of the molecule is CCCCCC(=O)Nc1cc(N)ccc1N1CCOCC1. The summed E-state index contributed by atoms with van der Waals surface area (Å²) in [5, 5.41) is 3.01. The smallest absolute Gasteiger partial charge is 0.224 e. The predicted molar refractivity (Wildman–Crippen MR) is 86.7 cm³/mol. The average Bonchev–Trinajstić information content (AvgIpc) is 2.48. The Morgan fingerprint density at radius 3 is 2.81 bits per heavy atom. The van der Waals surface area contributed by atoms with Gasteiger partial charge in [-0.25, -0.2) is 0 Å². The molecular weight excluding hydrogens is 266 g/mol. The maximum Gasteiger partial charge on any atom is 0.224 e. The number of nitrogens with one attached hydrogen (secondary N) is 1. The maximum atomic E-state index is 12.0. The molecule has 1 heterocycles. The third-order valence-electron chi connectivity index (χ3n) is 3.65. The summed E-state index contributed by atoms with van der Waals surface area (Å²) >= 11 is 0. The average molecular weight is 291 g/mol. The second kappa shape index (κ2) is 7.88. The first-order valence-corrected chi connectivity index (χ1v) is 7.72. The number of hydrogen-bond acceptors (Lipinski definition) is 4. The minimum absolute atomic E-state index is 0.0589. The Morgan fingerprint density at radius 2 is 2.10 bits per heavy atom. The number of carbonyl (C=O) groups excluding carboxylic acids is 1. The van der Waals surface area contributed by atoms with Crippen molar-refractivity contribution in [2.45, 2.75) is 32.6 Å². The number of nitrogen functional groups attached to an aromatic ring is 1. The second-order valence-corrected chi connectivity index (χ2v) is 5.38. The van der Waals surface area contributed by atoms with Crippen LogP contribution in [-0.2, 0) is 9.53 Å².